The van der Waals surface area contributed by atoms with Crippen molar-refractivity contribution in [1.29, 1.82) is 0 Å². The Bertz CT molecular complexity index is 394. The molecule has 0 aromatic carbocycles. The summed E-state index contributed by atoms with van der Waals surface area (Å²) in [5.41, 5.74) is 3.59. The van der Waals surface area contributed by atoms with E-state index in [1.165, 1.54) is 0 Å². The molecule has 0 aliphatic rings. The molecule has 102 valence electrons. The second-order valence-corrected chi connectivity index (χ2v) is 5.61. The number of anilines is 2. The van der Waals surface area contributed by atoms with Crippen LogP contribution < -0.4 is 16.6 Å². The fourth-order valence-electron chi connectivity index (χ4n) is 1.60. The monoisotopic (exact) mass is 269 g/mol. The van der Waals surface area contributed by atoms with E-state index in [9.17, 15) is 0 Å². The van der Waals surface area contributed by atoms with Gasteiger partial charge in [0.2, 0.25) is 0 Å². The van der Waals surface area contributed by atoms with Gasteiger partial charge in [-0.1, -0.05) is 13.8 Å². The van der Waals surface area contributed by atoms with Crippen molar-refractivity contribution < 1.29 is 0 Å². The van der Waals surface area contributed by atoms with Gasteiger partial charge in [-0.3, -0.25) is 0 Å². The van der Waals surface area contributed by atoms with E-state index in [1.54, 1.807) is 0 Å². The molecule has 0 radical (unpaired) electrons. The van der Waals surface area contributed by atoms with Crippen molar-refractivity contribution in [3.63, 3.8) is 0 Å². The lowest BCUT2D eigenvalue weighted by Gasteiger charge is -2.18. The molecular formula is C12H23N5S. The summed E-state index contributed by atoms with van der Waals surface area (Å²) in [4.78, 5) is 8.99. The number of nitrogens with one attached hydrogen (secondary N) is 2. The number of aromatic nitrogens is 2. The van der Waals surface area contributed by atoms with Crippen molar-refractivity contribution in [2.45, 2.75) is 39.7 Å². The molecule has 0 aliphatic heterocycles. The SMILES string of the molecule is CSCC(C)Nc1nc(C(C)C)nc(NN)c1C. The molecule has 5 nitrogen and oxygen atoms in total. The van der Waals surface area contributed by atoms with E-state index in [0.29, 0.717) is 11.9 Å². The van der Waals surface area contributed by atoms with E-state index in [1.807, 2.05) is 18.7 Å². The third-order valence-corrected chi connectivity index (χ3v) is 3.45. The Morgan fingerprint density at radius 2 is 1.83 bits per heavy atom. The molecule has 1 unspecified atom stereocenters. The van der Waals surface area contributed by atoms with Gasteiger partial charge >= 0.3 is 0 Å². The Hall–Kier alpha value is -1.01. The molecule has 0 amide bonds. The van der Waals surface area contributed by atoms with E-state index in [2.05, 4.69) is 47.7 Å². The molecule has 0 saturated carbocycles. The molecule has 1 rings (SSSR count). The molecule has 0 spiro atoms. The first kappa shape index (κ1) is 15.0. The molecule has 0 aliphatic carbocycles. The summed E-state index contributed by atoms with van der Waals surface area (Å²) in [6.45, 7) is 8.25. The van der Waals surface area contributed by atoms with E-state index in [-0.39, 0.29) is 5.92 Å². The normalized spacial score (nSPS) is 12.6. The lowest BCUT2D eigenvalue weighted by molar-refractivity contribution is 0.768. The molecule has 4 N–H and O–H groups in total. The minimum Gasteiger partial charge on any atom is -0.366 e. The van der Waals surface area contributed by atoms with Crippen LogP contribution in [0.1, 0.15) is 38.1 Å². The first-order valence-electron chi connectivity index (χ1n) is 6.10. The zero-order chi connectivity index (χ0) is 13.7. The molecule has 1 aromatic heterocycles. The van der Waals surface area contributed by atoms with Crippen LogP contribution >= 0.6 is 11.8 Å². The Kier molecular flexibility index (Phi) is 5.68. The number of nitrogen functional groups attached to an aromatic ring is 1. The first-order valence-corrected chi connectivity index (χ1v) is 7.49. The Morgan fingerprint density at radius 3 is 2.33 bits per heavy atom. The summed E-state index contributed by atoms with van der Waals surface area (Å²) in [7, 11) is 0. The van der Waals surface area contributed by atoms with E-state index in [4.69, 9.17) is 5.84 Å². The molecule has 1 atom stereocenters. The quantitative estimate of drug-likeness (QED) is 0.544. The van der Waals surface area contributed by atoms with Crippen LogP contribution in [0, 0.1) is 6.92 Å². The Balaban J connectivity index is 3.04. The second kappa shape index (κ2) is 6.80. The molecule has 0 saturated heterocycles. The van der Waals surface area contributed by atoms with Crippen LogP contribution in [0.5, 0.6) is 0 Å². The van der Waals surface area contributed by atoms with Crippen molar-refractivity contribution in [2.75, 3.05) is 22.8 Å². The number of nitrogens with two attached hydrogens (primary N) is 1. The highest BCUT2D eigenvalue weighted by Crippen LogP contribution is 2.23. The van der Waals surface area contributed by atoms with Gasteiger partial charge in [-0.15, -0.1) is 0 Å². The first-order chi connectivity index (χ1) is 8.49. The lowest BCUT2D eigenvalue weighted by Crippen LogP contribution is -2.22. The van der Waals surface area contributed by atoms with Crippen LogP contribution in [0.2, 0.25) is 0 Å². The van der Waals surface area contributed by atoms with E-state index in [0.717, 1.165) is 23.0 Å². The molecule has 1 aromatic rings. The predicted octanol–water partition coefficient (Wildman–Crippen LogP) is 2.36. The largest absolute Gasteiger partial charge is 0.366 e. The number of hydrogen-bond acceptors (Lipinski definition) is 6. The lowest BCUT2D eigenvalue weighted by atomic mass is 10.2. The van der Waals surface area contributed by atoms with E-state index < -0.39 is 0 Å². The molecule has 1 heterocycles. The van der Waals surface area contributed by atoms with Gasteiger partial charge in [0.25, 0.3) is 0 Å². The highest BCUT2D eigenvalue weighted by molar-refractivity contribution is 7.98. The average Bonchev–Trinajstić information content (AvgIpc) is 2.31. The van der Waals surface area contributed by atoms with Crippen LogP contribution in [-0.4, -0.2) is 28.0 Å². The van der Waals surface area contributed by atoms with Gasteiger partial charge in [0.1, 0.15) is 17.5 Å². The van der Waals surface area contributed by atoms with Gasteiger partial charge in [-0.2, -0.15) is 11.8 Å². The summed E-state index contributed by atoms with van der Waals surface area (Å²) < 4.78 is 0. The maximum atomic E-state index is 5.51. The van der Waals surface area contributed by atoms with Crippen LogP contribution in [0.3, 0.4) is 0 Å². The predicted molar refractivity (Wildman–Crippen MR) is 80.1 cm³/mol. The van der Waals surface area contributed by atoms with Crippen molar-refractivity contribution in [1.82, 2.24) is 9.97 Å². The summed E-state index contributed by atoms with van der Waals surface area (Å²) in [5, 5.41) is 3.41. The fraction of sp³-hybridized carbons (Fsp3) is 0.667. The third-order valence-electron chi connectivity index (χ3n) is 2.62. The fourth-order valence-corrected chi connectivity index (χ4v) is 2.18. The topological polar surface area (TPSA) is 75.9 Å². The van der Waals surface area contributed by atoms with Crippen molar-refractivity contribution in [3.8, 4) is 0 Å². The number of hydrazine groups is 1. The highest BCUT2D eigenvalue weighted by atomic mass is 32.2. The molecule has 0 bridgehead atoms. The zero-order valence-corrected chi connectivity index (χ0v) is 12.6. The maximum absolute atomic E-state index is 5.51. The molecule has 0 fully saturated rings. The van der Waals surface area contributed by atoms with Gasteiger partial charge in [-0.25, -0.2) is 15.8 Å². The maximum Gasteiger partial charge on any atom is 0.148 e. The van der Waals surface area contributed by atoms with E-state index >= 15 is 0 Å². The minimum absolute atomic E-state index is 0.272. The van der Waals surface area contributed by atoms with Crippen LogP contribution in [0.4, 0.5) is 11.6 Å². The number of rotatable bonds is 6. The minimum atomic E-state index is 0.272. The van der Waals surface area contributed by atoms with Gasteiger partial charge in [0.05, 0.1) is 0 Å². The smallest absolute Gasteiger partial charge is 0.148 e. The zero-order valence-electron chi connectivity index (χ0n) is 11.7. The summed E-state index contributed by atoms with van der Waals surface area (Å²) in [6.07, 6.45) is 2.09. The molecule has 6 heteroatoms. The number of nitrogens with zero attached hydrogens (tertiary/aromatic N) is 2. The van der Waals surface area contributed by atoms with Crippen molar-refractivity contribution in [2.24, 2.45) is 5.84 Å². The van der Waals surface area contributed by atoms with Crippen molar-refractivity contribution >= 4 is 23.4 Å². The molecule has 18 heavy (non-hydrogen) atoms. The second-order valence-electron chi connectivity index (χ2n) is 4.70. The summed E-state index contributed by atoms with van der Waals surface area (Å²) >= 11 is 1.81. The van der Waals surface area contributed by atoms with Gasteiger partial charge in [0, 0.05) is 23.3 Å². The average molecular weight is 269 g/mol. The Morgan fingerprint density at radius 1 is 1.22 bits per heavy atom. The van der Waals surface area contributed by atoms with Gasteiger partial charge < -0.3 is 10.7 Å². The Labute approximate surface area is 113 Å². The van der Waals surface area contributed by atoms with Crippen molar-refractivity contribution in [3.05, 3.63) is 11.4 Å². The van der Waals surface area contributed by atoms with Crippen LogP contribution in [0.15, 0.2) is 0 Å². The summed E-state index contributed by atoms with van der Waals surface area (Å²) in [5.74, 6) is 9.16. The molecular weight excluding hydrogens is 246 g/mol. The third kappa shape index (κ3) is 3.74. The van der Waals surface area contributed by atoms with Gasteiger partial charge in [0.15, 0.2) is 0 Å². The number of hydrogen-bond donors (Lipinski definition) is 3. The van der Waals surface area contributed by atoms with Crippen LogP contribution in [0.25, 0.3) is 0 Å². The van der Waals surface area contributed by atoms with Gasteiger partial charge in [-0.05, 0) is 20.1 Å². The summed E-state index contributed by atoms with van der Waals surface area (Å²) in [6, 6.07) is 0.360. The van der Waals surface area contributed by atoms with Crippen LogP contribution in [-0.2, 0) is 0 Å². The standard InChI is InChI=1S/C12H23N5S/c1-7(2)10-15-11(14-8(3)6-18-5)9(4)12(16-10)17-13/h7-8H,6,13H2,1-5H3,(H2,14,15,16,17). The highest BCUT2D eigenvalue weighted by Gasteiger charge is 2.13. The number of thioether (sulfide) groups is 1.